The van der Waals surface area contributed by atoms with Gasteiger partial charge < -0.3 is 4.90 Å². The molecule has 0 aliphatic carbocycles. The number of hydrogen-bond donors (Lipinski definition) is 0. The van der Waals surface area contributed by atoms with Gasteiger partial charge in [0.25, 0.3) is 0 Å². The third kappa shape index (κ3) is 5.80. The van der Waals surface area contributed by atoms with E-state index in [0.29, 0.717) is 0 Å². The zero-order chi connectivity index (χ0) is 16.1. The van der Waals surface area contributed by atoms with Gasteiger partial charge in [0.15, 0.2) is 0 Å². The first-order valence-electron chi connectivity index (χ1n) is 8.39. The van der Waals surface area contributed by atoms with Crippen molar-refractivity contribution in [3.05, 3.63) is 65.5 Å². The number of rotatable bonds is 5. The Morgan fingerprint density at radius 3 is 2.25 bits per heavy atom. The molecule has 2 aromatic rings. The molecule has 1 nitrogen and oxygen atoms in total. The lowest BCUT2D eigenvalue weighted by atomic mass is 10.1. The Balaban J connectivity index is 0.00000208. The maximum absolute atomic E-state index is 12.9. The summed E-state index contributed by atoms with van der Waals surface area (Å²) in [7, 11) is 0. The molecule has 24 heavy (non-hydrogen) atoms. The van der Waals surface area contributed by atoms with Gasteiger partial charge in [0.05, 0.1) is 0 Å². The predicted octanol–water partition coefficient (Wildman–Crippen LogP) is 5.36. The molecule has 0 spiro atoms. The number of nitrogens with zero attached hydrogens (tertiary/aromatic N) is 1. The van der Waals surface area contributed by atoms with E-state index < -0.39 is 0 Å². The Morgan fingerprint density at radius 1 is 1.00 bits per heavy atom. The molecule has 130 valence electrons. The summed E-state index contributed by atoms with van der Waals surface area (Å²) in [5.74, 6) is -0.150. The Bertz CT molecular complexity index is 607. The molecule has 0 bridgehead atoms. The third-order valence-electron chi connectivity index (χ3n) is 4.49. The molecule has 0 amide bonds. The maximum atomic E-state index is 12.9. The predicted molar refractivity (Wildman–Crippen MR) is 104 cm³/mol. The van der Waals surface area contributed by atoms with Crippen molar-refractivity contribution < 1.29 is 4.39 Å². The zero-order valence-corrected chi connectivity index (χ0v) is 15.7. The van der Waals surface area contributed by atoms with Crippen LogP contribution in [-0.4, -0.2) is 29.8 Å². The Morgan fingerprint density at radius 2 is 1.62 bits per heavy atom. The lowest BCUT2D eigenvalue weighted by molar-refractivity contribution is 0.235. The molecular weight excluding hydrogens is 341 g/mol. The summed E-state index contributed by atoms with van der Waals surface area (Å²) in [5.41, 5.74) is 2.55. The van der Waals surface area contributed by atoms with Crippen molar-refractivity contribution in [2.24, 2.45) is 0 Å². The van der Waals surface area contributed by atoms with Gasteiger partial charge in [-0.15, -0.1) is 24.2 Å². The van der Waals surface area contributed by atoms with Crippen molar-refractivity contribution in [2.45, 2.75) is 36.3 Å². The van der Waals surface area contributed by atoms with E-state index in [1.165, 1.54) is 42.0 Å². The average molecular weight is 366 g/mol. The number of thioether (sulfide) groups is 1. The number of likely N-dealkylation sites (tertiary alicyclic amines) is 1. The van der Waals surface area contributed by atoms with Gasteiger partial charge in [-0.25, -0.2) is 4.39 Å². The monoisotopic (exact) mass is 365 g/mol. The smallest absolute Gasteiger partial charge is 0.123 e. The standard InChI is InChI=1S/C20H24FNS.ClH/c1-16-2-8-19(9-3-16)23-20-11-14-22(15-12-20)13-10-17-4-6-18(21)7-5-17;/h2-9,20H,10-15H2,1H3;1H. The van der Waals surface area contributed by atoms with E-state index in [4.69, 9.17) is 0 Å². The quantitative estimate of drug-likeness (QED) is 0.702. The summed E-state index contributed by atoms with van der Waals surface area (Å²) < 4.78 is 12.9. The van der Waals surface area contributed by atoms with Crippen LogP contribution in [0.2, 0.25) is 0 Å². The van der Waals surface area contributed by atoms with Gasteiger partial charge in [0.1, 0.15) is 5.82 Å². The zero-order valence-electron chi connectivity index (χ0n) is 14.1. The van der Waals surface area contributed by atoms with E-state index in [0.717, 1.165) is 18.2 Å². The number of aryl methyl sites for hydroxylation is 1. The van der Waals surface area contributed by atoms with E-state index in [9.17, 15) is 4.39 Å². The molecule has 1 heterocycles. The van der Waals surface area contributed by atoms with Crippen molar-refractivity contribution in [3.63, 3.8) is 0 Å². The maximum Gasteiger partial charge on any atom is 0.123 e. The molecule has 4 heteroatoms. The van der Waals surface area contributed by atoms with E-state index in [1.54, 1.807) is 12.1 Å². The Labute approximate surface area is 155 Å². The van der Waals surface area contributed by atoms with Gasteiger partial charge in [0, 0.05) is 16.7 Å². The summed E-state index contributed by atoms with van der Waals surface area (Å²) in [5, 5.41) is 0.736. The summed E-state index contributed by atoms with van der Waals surface area (Å²) in [4.78, 5) is 3.93. The lowest BCUT2D eigenvalue weighted by Crippen LogP contribution is -2.36. The largest absolute Gasteiger partial charge is 0.303 e. The minimum atomic E-state index is -0.150. The van der Waals surface area contributed by atoms with Crippen LogP contribution in [0.5, 0.6) is 0 Å². The van der Waals surface area contributed by atoms with Crippen molar-refractivity contribution >= 4 is 24.2 Å². The minimum Gasteiger partial charge on any atom is -0.303 e. The second kappa shape index (κ2) is 9.45. The lowest BCUT2D eigenvalue weighted by Gasteiger charge is -2.31. The van der Waals surface area contributed by atoms with Crippen LogP contribution in [0.4, 0.5) is 4.39 Å². The fourth-order valence-corrected chi connectivity index (χ4v) is 4.12. The second-order valence-electron chi connectivity index (χ2n) is 6.35. The highest BCUT2D eigenvalue weighted by atomic mass is 35.5. The molecule has 0 aromatic heterocycles. The topological polar surface area (TPSA) is 3.24 Å². The normalized spacial score (nSPS) is 15.9. The van der Waals surface area contributed by atoms with Crippen LogP contribution < -0.4 is 0 Å². The van der Waals surface area contributed by atoms with Crippen molar-refractivity contribution in [2.75, 3.05) is 19.6 Å². The van der Waals surface area contributed by atoms with Crippen LogP contribution in [0.25, 0.3) is 0 Å². The first-order valence-corrected chi connectivity index (χ1v) is 9.27. The van der Waals surface area contributed by atoms with Gasteiger partial charge in [-0.3, -0.25) is 0 Å². The summed E-state index contributed by atoms with van der Waals surface area (Å²) >= 11 is 2.02. The number of hydrogen-bond acceptors (Lipinski definition) is 2. The van der Waals surface area contributed by atoms with E-state index in [1.807, 2.05) is 23.9 Å². The van der Waals surface area contributed by atoms with Crippen molar-refractivity contribution in [1.29, 1.82) is 0 Å². The Hall–Kier alpha value is -1.03. The molecule has 0 N–H and O–H groups in total. The second-order valence-corrected chi connectivity index (χ2v) is 7.72. The molecule has 3 rings (SSSR count). The van der Waals surface area contributed by atoms with E-state index >= 15 is 0 Å². The van der Waals surface area contributed by atoms with E-state index in [-0.39, 0.29) is 18.2 Å². The Kier molecular flexibility index (Phi) is 7.60. The molecule has 0 radical (unpaired) electrons. The molecule has 1 aliphatic heterocycles. The van der Waals surface area contributed by atoms with Crippen LogP contribution in [0.1, 0.15) is 24.0 Å². The van der Waals surface area contributed by atoms with Gasteiger partial charge in [-0.2, -0.15) is 0 Å². The fraction of sp³-hybridized carbons (Fsp3) is 0.400. The minimum absolute atomic E-state index is 0. The molecular formula is C20H25ClFNS. The SMILES string of the molecule is Cc1ccc(SC2CCN(CCc3ccc(F)cc3)CC2)cc1.Cl. The summed E-state index contributed by atoms with van der Waals surface area (Å²) in [6.45, 7) is 5.55. The van der Waals surface area contributed by atoms with Crippen LogP contribution >= 0.6 is 24.2 Å². The molecule has 2 aromatic carbocycles. The third-order valence-corrected chi connectivity index (χ3v) is 5.84. The molecule has 0 unspecified atom stereocenters. The molecule has 1 fully saturated rings. The highest BCUT2D eigenvalue weighted by Gasteiger charge is 2.19. The van der Waals surface area contributed by atoms with Crippen LogP contribution in [-0.2, 0) is 6.42 Å². The first-order chi connectivity index (χ1) is 11.2. The molecule has 1 aliphatic rings. The molecule has 0 saturated carbocycles. The van der Waals surface area contributed by atoms with Crippen LogP contribution in [0.3, 0.4) is 0 Å². The molecule has 0 atom stereocenters. The molecule has 1 saturated heterocycles. The summed E-state index contributed by atoms with van der Waals surface area (Å²) in [6, 6.07) is 15.8. The van der Waals surface area contributed by atoms with Crippen LogP contribution in [0.15, 0.2) is 53.4 Å². The average Bonchev–Trinajstić information content (AvgIpc) is 2.58. The van der Waals surface area contributed by atoms with Crippen LogP contribution in [0, 0.1) is 12.7 Å². The summed E-state index contributed by atoms with van der Waals surface area (Å²) in [6.07, 6.45) is 3.51. The van der Waals surface area contributed by atoms with E-state index in [2.05, 4.69) is 36.1 Å². The van der Waals surface area contributed by atoms with Gasteiger partial charge in [0.2, 0.25) is 0 Å². The van der Waals surface area contributed by atoms with Gasteiger partial charge in [-0.05, 0) is 69.1 Å². The van der Waals surface area contributed by atoms with Gasteiger partial charge in [-0.1, -0.05) is 29.8 Å². The number of halogens is 2. The fourth-order valence-electron chi connectivity index (χ4n) is 3.00. The number of piperidine rings is 1. The van der Waals surface area contributed by atoms with Crippen molar-refractivity contribution in [3.8, 4) is 0 Å². The highest BCUT2D eigenvalue weighted by molar-refractivity contribution is 8.00. The van der Waals surface area contributed by atoms with Gasteiger partial charge >= 0.3 is 0 Å². The van der Waals surface area contributed by atoms with Crippen molar-refractivity contribution in [1.82, 2.24) is 4.90 Å². The first kappa shape index (κ1) is 19.3. The highest BCUT2D eigenvalue weighted by Crippen LogP contribution is 2.30. The number of benzene rings is 2.